The van der Waals surface area contributed by atoms with Crippen LogP contribution < -0.4 is 5.73 Å². The molecule has 2 N–H and O–H groups in total. The largest absolute Gasteiger partial charge is 0.382 e. The van der Waals surface area contributed by atoms with Crippen molar-refractivity contribution in [2.45, 2.75) is 13.0 Å². The van der Waals surface area contributed by atoms with Gasteiger partial charge in [0.1, 0.15) is 5.82 Å². The Morgan fingerprint density at radius 2 is 2.16 bits per heavy atom. The molecule has 0 unspecified atom stereocenters. The Labute approximate surface area is 111 Å². The van der Waals surface area contributed by atoms with Gasteiger partial charge in [0, 0.05) is 20.3 Å². The fourth-order valence-corrected chi connectivity index (χ4v) is 1.92. The Morgan fingerprint density at radius 3 is 2.95 bits per heavy atom. The van der Waals surface area contributed by atoms with Gasteiger partial charge >= 0.3 is 0 Å². The summed E-state index contributed by atoms with van der Waals surface area (Å²) in [4.78, 5) is 4.20. The van der Waals surface area contributed by atoms with Gasteiger partial charge in [-0.3, -0.25) is 0 Å². The van der Waals surface area contributed by atoms with Crippen LogP contribution in [0.25, 0.3) is 11.0 Å². The van der Waals surface area contributed by atoms with Gasteiger partial charge in [0.15, 0.2) is 0 Å². The van der Waals surface area contributed by atoms with Crippen molar-refractivity contribution in [1.29, 1.82) is 0 Å². The number of benzene rings is 1. The standard InChI is InChI=1S/C13H18FN3O2/c1-18-7-8-19-6-2-5-17-12-9-10(14)3-4-11(12)16-13(17)15/h3-4,9H,2,5-8H2,1H3,(H2,15,16). The SMILES string of the molecule is COCCOCCCn1c(N)nc2ccc(F)cc21. The molecule has 0 atom stereocenters. The summed E-state index contributed by atoms with van der Waals surface area (Å²) in [5.41, 5.74) is 7.26. The van der Waals surface area contributed by atoms with Crippen LogP contribution >= 0.6 is 0 Å². The average Bonchev–Trinajstić information content (AvgIpc) is 2.69. The van der Waals surface area contributed by atoms with Crippen molar-refractivity contribution in [2.24, 2.45) is 0 Å². The maximum atomic E-state index is 13.2. The minimum Gasteiger partial charge on any atom is -0.382 e. The van der Waals surface area contributed by atoms with Gasteiger partial charge in [-0.05, 0) is 24.6 Å². The molecule has 6 heteroatoms. The first-order valence-corrected chi connectivity index (χ1v) is 6.20. The summed E-state index contributed by atoms with van der Waals surface area (Å²) >= 11 is 0. The number of nitrogens with zero attached hydrogens (tertiary/aromatic N) is 2. The van der Waals surface area contributed by atoms with Crippen LogP contribution in [-0.4, -0.2) is 36.5 Å². The number of nitrogen functional groups attached to an aromatic ring is 1. The van der Waals surface area contributed by atoms with Crippen LogP contribution in [0.15, 0.2) is 18.2 Å². The second-order valence-electron chi connectivity index (χ2n) is 4.21. The predicted octanol–water partition coefficient (Wildman–Crippen LogP) is 1.81. The number of rotatable bonds is 7. The van der Waals surface area contributed by atoms with Crippen LogP contribution in [0.2, 0.25) is 0 Å². The highest BCUT2D eigenvalue weighted by atomic mass is 19.1. The van der Waals surface area contributed by atoms with E-state index in [1.807, 2.05) is 0 Å². The molecule has 2 rings (SSSR count). The Balaban J connectivity index is 1.96. The van der Waals surface area contributed by atoms with Crippen LogP contribution in [0.4, 0.5) is 10.3 Å². The monoisotopic (exact) mass is 267 g/mol. The number of halogens is 1. The van der Waals surface area contributed by atoms with Crippen LogP contribution in [0.5, 0.6) is 0 Å². The topological polar surface area (TPSA) is 62.3 Å². The zero-order chi connectivity index (χ0) is 13.7. The van der Waals surface area contributed by atoms with Crippen LogP contribution in [0.1, 0.15) is 6.42 Å². The van der Waals surface area contributed by atoms with E-state index in [4.69, 9.17) is 15.2 Å². The fraction of sp³-hybridized carbons (Fsp3) is 0.462. The molecule has 1 aromatic heterocycles. The van der Waals surface area contributed by atoms with Gasteiger partial charge in [0.25, 0.3) is 0 Å². The second-order valence-corrected chi connectivity index (χ2v) is 4.21. The molecule has 1 heterocycles. The highest BCUT2D eigenvalue weighted by Crippen LogP contribution is 2.19. The van der Waals surface area contributed by atoms with E-state index < -0.39 is 0 Å². The molecule has 5 nitrogen and oxygen atoms in total. The van der Waals surface area contributed by atoms with E-state index in [0.717, 1.165) is 11.9 Å². The summed E-state index contributed by atoms with van der Waals surface area (Å²) in [6.45, 7) is 2.42. The number of ether oxygens (including phenoxy) is 2. The van der Waals surface area contributed by atoms with Crippen molar-refractivity contribution in [3.8, 4) is 0 Å². The Kier molecular flexibility index (Phi) is 4.70. The van der Waals surface area contributed by atoms with Crippen LogP contribution in [-0.2, 0) is 16.0 Å². The molecule has 0 aliphatic carbocycles. The molecule has 0 saturated heterocycles. The molecule has 0 saturated carbocycles. The van der Waals surface area contributed by atoms with Gasteiger partial charge in [-0.1, -0.05) is 0 Å². The first-order chi connectivity index (χ1) is 9.22. The summed E-state index contributed by atoms with van der Waals surface area (Å²) in [5.74, 6) is 0.113. The fourth-order valence-electron chi connectivity index (χ4n) is 1.92. The van der Waals surface area contributed by atoms with Crippen molar-refractivity contribution >= 4 is 17.0 Å². The number of aromatic nitrogens is 2. The number of nitrogens with two attached hydrogens (primary N) is 1. The van der Waals surface area contributed by atoms with Gasteiger partial charge in [0.05, 0.1) is 24.2 Å². The van der Waals surface area contributed by atoms with Crippen molar-refractivity contribution in [2.75, 3.05) is 32.7 Å². The molecule has 0 spiro atoms. The molecular formula is C13H18FN3O2. The quantitative estimate of drug-likeness (QED) is 0.777. The molecule has 0 amide bonds. The van der Waals surface area contributed by atoms with Gasteiger partial charge in [-0.15, -0.1) is 0 Å². The van der Waals surface area contributed by atoms with Gasteiger partial charge in [-0.2, -0.15) is 0 Å². The minimum absolute atomic E-state index is 0.287. The van der Waals surface area contributed by atoms with Crippen molar-refractivity contribution < 1.29 is 13.9 Å². The molecule has 1 aromatic carbocycles. The van der Waals surface area contributed by atoms with Crippen molar-refractivity contribution in [3.63, 3.8) is 0 Å². The maximum Gasteiger partial charge on any atom is 0.201 e. The van der Waals surface area contributed by atoms with Gasteiger partial charge in [-0.25, -0.2) is 9.37 Å². The lowest BCUT2D eigenvalue weighted by Crippen LogP contribution is -2.08. The Hall–Kier alpha value is -1.66. The lowest BCUT2D eigenvalue weighted by Gasteiger charge is -2.07. The third-order valence-corrected chi connectivity index (χ3v) is 2.84. The molecule has 19 heavy (non-hydrogen) atoms. The predicted molar refractivity (Wildman–Crippen MR) is 71.4 cm³/mol. The van der Waals surface area contributed by atoms with Gasteiger partial charge < -0.3 is 19.8 Å². The highest BCUT2D eigenvalue weighted by molar-refractivity contribution is 5.78. The zero-order valence-corrected chi connectivity index (χ0v) is 10.9. The number of methoxy groups -OCH3 is 1. The maximum absolute atomic E-state index is 13.2. The Morgan fingerprint density at radius 1 is 1.32 bits per heavy atom. The smallest absolute Gasteiger partial charge is 0.201 e. The van der Waals surface area contributed by atoms with Gasteiger partial charge in [0.2, 0.25) is 5.95 Å². The first-order valence-electron chi connectivity index (χ1n) is 6.20. The van der Waals surface area contributed by atoms with Crippen LogP contribution in [0, 0.1) is 5.82 Å². The number of aryl methyl sites for hydroxylation is 1. The molecule has 2 aromatic rings. The Bertz CT molecular complexity index is 542. The van der Waals surface area contributed by atoms with E-state index in [0.29, 0.717) is 37.8 Å². The number of anilines is 1. The number of fused-ring (bicyclic) bond motifs is 1. The number of hydrogen-bond acceptors (Lipinski definition) is 4. The van der Waals surface area contributed by atoms with E-state index >= 15 is 0 Å². The number of imidazole rings is 1. The summed E-state index contributed by atoms with van der Waals surface area (Å²) in [5, 5.41) is 0. The number of hydrogen-bond donors (Lipinski definition) is 1. The third-order valence-electron chi connectivity index (χ3n) is 2.84. The summed E-state index contributed by atoms with van der Waals surface area (Å²) in [7, 11) is 1.64. The van der Waals surface area contributed by atoms with E-state index in [1.54, 1.807) is 17.7 Å². The summed E-state index contributed by atoms with van der Waals surface area (Å²) < 4.78 is 25.3. The van der Waals surface area contributed by atoms with E-state index in [9.17, 15) is 4.39 Å². The normalized spacial score (nSPS) is 11.3. The van der Waals surface area contributed by atoms with E-state index in [1.165, 1.54) is 12.1 Å². The molecule has 0 aliphatic rings. The molecule has 0 radical (unpaired) electrons. The third kappa shape index (κ3) is 3.42. The second kappa shape index (κ2) is 6.49. The molecule has 0 fully saturated rings. The van der Waals surface area contributed by atoms with E-state index in [-0.39, 0.29) is 5.82 Å². The lowest BCUT2D eigenvalue weighted by molar-refractivity contribution is 0.0682. The summed E-state index contributed by atoms with van der Waals surface area (Å²) in [6.07, 6.45) is 0.788. The molecular weight excluding hydrogens is 249 g/mol. The minimum atomic E-state index is -0.287. The lowest BCUT2D eigenvalue weighted by atomic mass is 10.3. The van der Waals surface area contributed by atoms with Crippen LogP contribution in [0.3, 0.4) is 0 Å². The first kappa shape index (κ1) is 13.8. The average molecular weight is 267 g/mol. The summed E-state index contributed by atoms with van der Waals surface area (Å²) in [6, 6.07) is 4.46. The van der Waals surface area contributed by atoms with Crippen molar-refractivity contribution in [1.82, 2.24) is 9.55 Å². The zero-order valence-electron chi connectivity index (χ0n) is 10.9. The molecule has 104 valence electrons. The molecule has 0 aliphatic heterocycles. The molecule has 0 bridgehead atoms. The van der Waals surface area contributed by atoms with Crippen molar-refractivity contribution in [3.05, 3.63) is 24.0 Å². The van der Waals surface area contributed by atoms with E-state index in [2.05, 4.69) is 4.98 Å². The highest BCUT2D eigenvalue weighted by Gasteiger charge is 2.08.